The molecule has 1 atom stereocenters. The lowest BCUT2D eigenvalue weighted by Gasteiger charge is -2.32. The molecule has 0 radical (unpaired) electrons. The van der Waals surface area contributed by atoms with Crippen LogP contribution in [0.4, 0.5) is 32.0 Å². The van der Waals surface area contributed by atoms with Gasteiger partial charge < -0.3 is 10.4 Å². The Bertz CT molecular complexity index is 768. The Morgan fingerprint density at radius 2 is 1.40 bits per heavy atom. The van der Waals surface area contributed by atoms with Crippen molar-refractivity contribution < 1.29 is 31.4 Å². The Balaban J connectivity index is 2.70. The first-order chi connectivity index (χ1) is 11.4. The van der Waals surface area contributed by atoms with Crippen LogP contribution in [0.3, 0.4) is 0 Å². The number of aliphatic hydroxyl groups is 1. The summed E-state index contributed by atoms with van der Waals surface area (Å²) in [5, 5.41) is 13.2. The van der Waals surface area contributed by atoms with Crippen LogP contribution in [-0.4, -0.2) is 18.3 Å². The van der Waals surface area contributed by atoms with Crippen LogP contribution in [0.15, 0.2) is 42.5 Å². The molecule has 0 heterocycles. The van der Waals surface area contributed by atoms with Crippen molar-refractivity contribution in [3.63, 3.8) is 0 Å². The van der Waals surface area contributed by atoms with Gasteiger partial charge in [-0.1, -0.05) is 24.3 Å². The van der Waals surface area contributed by atoms with Crippen LogP contribution in [0.25, 0.3) is 0 Å². The zero-order valence-electron chi connectivity index (χ0n) is 13.3. The highest BCUT2D eigenvalue weighted by Gasteiger charge is 2.56. The molecule has 2 aromatic rings. The van der Waals surface area contributed by atoms with Crippen LogP contribution in [0.2, 0.25) is 0 Å². The smallest absolute Gasteiger partial charge is 0.388 e. The zero-order chi connectivity index (χ0) is 19.0. The standard InChI is InChI=1S/C17H15F6NO/c1-10-8-12(6-7-14(10)24-2)15(25,17(21,22)23)11-4-3-5-13(9-11)16(18,19)20/h3-9,24-25H,1-2H3. The Morgan fingerprint density at radius 3 is 1.88 bits per heavy atom. The highest BCUT2D eigenvalue weighted by molar-refractivity contribution is 5.54. The van der Waals surface area contributed by atoms with Crippen molar-refractivity contribution in [3.8, 4) is 0 Å². The molecule has 0 aromatic heterocycles. The van der Waals surface area contributed by atoms with E-state index in [0.29, 0.717) is 23.4 Å². The molecule has 1 unspecified atom stereocenters. The van der Waals surface area contributed by atoms with Crippen molar-refractivity contribution in [3.05, 3.63) is 64.7 Å². The van der Waals surface area contributed by atoms with Crippen LogP contribution in [0.1, 0.15) is 22.3 Å². The summed E-state index contributed by atoms with van der Waals surface area (Å²) in [7, 11) is 1.57. The van der Waals surface area contributed by atoms with Crippen LogP contribution in [0, 0.1) is 6.92 Å². The predicted octanol–water partition coefficient (Wildman–Crippen LogP) is 4.85. The van der Waals surface area contributed by atoms with E-state index in [-0.39, 0.29) is 0 Å². The van der Waals surface area contributed by atoms with Gasteiger partial charge in [0.15, 0.2) is 0 Å². The number of anilines is 1. The Kier molecular flexibility index (Phi) is 4.78. The Hall–Kier alpha value is -2.22. The molecule has 8 heteroatoms. The maximum atomic E-state index is 13.7. The SMILES string of the molecule is CNc1ccc(C(O)(c2cccc(C(F)(F)F)c2)C(F)(F)F)cc1C. The van der Waals surface area contributed by atoms with Crippen molar-refractivity contribution in [2.45, 2.75) is 24.9 Å². The van der Waals surface area contributed by atoms with E-state index in [4.69, 9.17) is 0 Å². The largest absolute Gasteiger partial charge is 0.425 e. The minimum absolute atomic E-state index is 0.314. The monoisotopic (exact) mass is 363 g/mol. The molecule has 2 nitrogen and oxygen atoms in total. The topological polar surface area (TPSA) is 32.3 Å². The lowest BCUT2D eigenvalue weighted by atomic mass is 9.84. The van der Waals surface area contributed by atoms with Gasteiger partial charge in [-0.05, 0) is 41.8 Å². The molecule has 0 bridgehead atoms. The third-order valence-corrected chi connectivity index (χ3v) is 3.93. The van der Waals surface area contributed by atoms with Crippen molar-refractivity contribution in [2.75, 3.05) is 12.4 Å². The van der Waals surface area contributed by atoms with Crippen LogP contribution < -0.4 is 5.32 Å². The zero-order valence-corrected chi connectivity index (χ0v) is 13.3. The number of halogens is 6. The molecule has 25 heavy (non-hydrogen) atoms. The summed E-state index contributed by atoms with van der Waals surface area (Å²) in [5.74, 6) is 0. The minimum Gasteiger partial charge on any atom is -0.388 e. The first-order valence-electron chi connectivity index (χ1n) is 7.17. The Morgan fingerprint density at radius 1 is 0.840 bits per heavy atom. The number of nitrogens with one attached hydrogen (secondary N) is 1. The molecule has 0 aliphatic carbocycles. The summed E-state index contributed by atoms with van der Waals surface area (Å²) in [6.45, 7) is 1.53. The number of hydrogen-bond acceptors (Lipinski definition) is 2. The molecule has 0 aliphatic rings. The average Bonchev–Trinajstić information content (AvgIpc) is 2.52. The molecule has 0 amide bonds. The highest BCUT2D eigenvalue weighted by Crippen LogP contribution is 2.46. The molecule has 0 saturated carbocycles. The van der Waals surface area contributed by atoms with Gasteiger partial charge in [0.25, 0.3) is 0 Å². The van der Waals surface area contributed by atoms with E-state index >= 15 is 0 Å². The highest BCUT2D eigenvalue weighted by atomic mass is 19.4. The number of aryl methyl sites for hydroxylation is 1. The maximum absolute atomic E-state index is 13.7. The molecule has 2 aromatic carbocycles. The van der Waals surface area contributed by atoms with E-state index in [0.717, 1.165) is 24.3 Å². The second kappa shape index (κ2) is 6.25. The lowest BCUT2D eigenvalue weighted by molar-refractivity contribution is -0.248. The van der Waals surface area contributed by atoms with Gasteiger partial charge in [0, 0.05) is 12.7 Å². The van der Waals surface area contributed by atoms with E-state index in [2.05, 4.69) is 5.32 Å². The number of benzene rings is 2. The maximum Gasteiger partial charge on any atom is 0.425 e. The van der Waals surface area contributed by atoms with Crippen molar-refractivity contribution in [1.29, 1.82) is 0 Å². The van der Waals surface area contributed by atoms with E-state index < -0.39 is 34.6 Å². The first kappa shape index (κ1) is 19.1. The van der Waals surface area contributed by atoms with Gasteiger partial charge in [0.2, 0.25) is 5.60 Å². The summed E-state index contributed by atoms with van der Waals surface area (Å²) in [6, 6.07) is 6.08. The molecule has 2 rings (SSSR count). The van der Waals surface area contributed by atoms with Gasteiger partial charge in [-0.15, -0.1) is 0 Å². The molecule has 0 fully saturated rings. The van der Waals surface area contributed by atoms with E-state index in [9.17, 15) is 31.4 Å². The first-order valence-corrected chi connectivity index (χ1v) is 7.17. The third-order valence-electron chi connectivity index (χ3n) is 3.93. The number of alkyl halides is 6. The van der Waals surface area contributed by atoms with Gasteiger partial charge in [0.05, 0.1) is 5.56 Å². The molecule has 2 N–H and O–H groups in total. The van der Waals surface area contributed by atoms with Crippen molar-refractivity contribution in [1.82, 2.24) is 0 Å². The van der Waals surface area contributed by atoms with Gasteiger partial charge in [0.1, 0.15) is 0 Å². The molecular weight excluding hydrogens is 348 g/mol. The average molecular weight is 363 g/mol. The second-order valence-corrected chi connectivity index (χ2v) is 5.57. The summed E-state index contributed by atoms with van der Waals surface area (Å²) in [5.41, 5.74) is -5.34. The predicted molar refractivity (Wildman–Crippen MR) is 81.2 cm³/mol. The quantitative estimate of drug-likeness (QED) is 0.764. The van der Waals surface area contributed by atoms with E-state index in [1.165, 1.54) is 13.0 Å². The van der Waals surface area contributed by atoms with Crippen molar-refractivity contribution in [2.24, 2.45) is 0 Å². The third kappa shape index (κ3) is 3.44. The molecular formula is C17H15F6NO. The normalized spacial score (nSPS) is 14.9. The van der Waals surface area contributed by atoms with Crippen LogP contribution in [0.5, 0.6) is 0 Å². The van der Waals surface area contributed by atoms with Gasteiger partial charge in [-0.3, -0.25) is 0 Å². The number of hydrogen-bond donors (Lipinski definition) is 2. The molecule has 0 spiro atoms. The summed E-state index contributed by atoms with van der Waals surface area (Å²) < 4.78 is 79.6. The lowest BCUT2D eigenvalue weighted by Crippen LogP contribution is -2.43. The number of rotatable bonds is 3. The fourth-order valence-electron chi connectivity index (χ4n) is 2.58. The second-order valence-electron chi connectivity index (χ2n) is 5.57. The van der Waals surface area contributed by atoms with Crippen LogP contribution >= 0.6 is 0 Å². The Labute approximate surface area is 140 Å². The summed E-state index contributed by atoms with van der Waals surface area (Å²) >= 11 is 0. The van der Waals surface area contributed by atoms with Crippen molar-refractivity contribution >= 4 is 5.69 Å². The fourth-order valence-corrected chi connectivity index (χ4v) is 2.58. The minimum atomic E-state index is -5.22. The fraction of sp³-hybridized carbons (Fsp3) is 0.294. The molecule has 0 aliphatic heterocycles. The van der Waals surface area contributed by atoms with E-state index in [1.807, 2.05) is 0 Å². The molecule has 136 valence electrons. The van der Waals surface area contributed by atoms with Gasteiger partial charge >= 0.3 is 12.4 Å². The van der Waals surface area contributed by atoms with E-state index in [1.54, 1.807) is 7.05 Å². The summed E-state index contributed by atoms with van der Waals surface area (Å²) in [6.07, 6.45) is -10.0. The van der Waals surface area contributed by atoms with Crippen LogP contribution in [-0.2, 0) is 11.8 Å². The summed E-state index contributed by atoms with van der Waals surface area (Å²) in [4.78, 5) is 0. The molecule has 0 saturated heterocycles. The van der Waals surface area contributed by atoms with Gasteiger partial charge in [-0.25, -0.2) is 0 Å². The van der Waals surface area contributed by atoms with Gasteiger partial charge in [-0.2, -0.15) is 26.3 Å².